The summed E-state index contributed by atoms with van der Waals surface area (Å²) in [5, 5.41) is 15.7. The molecule has 3 N–H and O–H groups in total. The van der Waals surface area contributed by atoms with Gasteiger partial charge in [-0.05, 0) is 17.9 Å². The summed E-state index contributed by atoms with van der Waals surface area (Å²) in [5.41, 5.74) is 0. The predicted molar refractivity (Wildman–Crippen MR) is 69.3 cm³/mol. The molecule has 1 aromatic rings. The first-order chi connectivity index (χ1) is 8.58. The molecule has 0 bridgehead atoms. The van der Waals surface area contributed by atoms with Crippen LogP contribution < -0.4 is 10.6 Å². The molecule has 0 aliphatic rings. The fourth-order valence-electron chi connectivity index (χ4n) is 1.30. The van der Waals surface area contributed by atoms with Crippen LogP contribution >= 0.6 is 11.3 Å². The molecule has 0 fully saturated rings. The van der Waals surface area contributed by atoms with E-state index in [0.29, 0.717) is 11.3 Å². The van der Waals surface area contributed by atoms with Gasteiger partial charge in [-0.2, -0.15) is 0 Å². The number of urea groups is 1. The van der Waals surface area contributed by atoms with E-state index in [1.54, 1.807) is 17.5 Å². The van der Waals surface area contributed by atoms with Crippen LogP contribution in [0, 0.1) is 12.3 Å². The van der Waals surface area contributed by atoms with Gasteiger partial charge >= 0.3 is 12.0 Å². The zero-order valence-electron chi connectivity index (χ0n) is 9.84. The highest BCUT2D eigenvalue weighted by atomic mass is 32.1. The molecule has 0 aliphatic heterocycles. The normalized spacial score (nSPS) is 13.1. The number of carboxylic acid groups (broad SMARTS) is 1. The van der Waals surface area contributed by atoms with Gasteiger partial charge in [0.1, 0.15) is 0 Å². The summed E-state index contributed by atoms with van der Waals surface area (Å²) in [4.78, 5) is 23.2. The van der Waals surface area contributed by atoms with E-state index >= 15 is 0 Å². The maximum absolute atomic E-state index is 11.6. The van der Waals surface area contributed by atoms with Crippen molar-refractivity contribution in [3.05, 3.63) is 22.4 Å². The van der Waals surface area contributed by atoms with Crippen LogP contribution in [0.2, 0.25) is 0 Å². The fourth-order valence-corrected chi connectivity index (χ4v) is 2.07. The highest BCUT2D eigenvalue weighted by molar-refractivity contribution is 7.10. The van der Waals surface area contributed by atoms with Gasteiger partial charge in [0.05, 0.1) is 6.04 Å². The number of aliphatic carboxylic acids is 1. The van der Waals surface area contributed by atoms with Gasteiger partial charge in [0.15, 0.2) is 6.04 Å². The minimum absolute atomic E-state index is 0.400. The van der Waals surface area contributed by atoms with Crippen LogP contribution in [0.3, 0.4) is 0 Å². The number of terminal acetylenes is 1. The first-order valence-electron chi connectivity index (χ1n) is 5.37. The predicted octanol–water partition coefficient (Wildman–Crippen LogP) is 1.58. The molecule has 6 heteroatoms. The molecule has 0 saturated heterocycles. The molecule has 1 rings (SSSR count). The van der Waals surface area contributed by atoms with E-state index in [9.17, 15) is 9.59 Å². The second kappa shape index (κ2) is 6.67. The Morgan fingerprint density at radius 2 is 2.28 bits per heavy atom. The Morgan fingerprint density at radius 1 is 1.56 bits per heavy atom. The second-order valence-electron chi connectivity index (χ2n) is 3.53. The number of carbonyl (C=O) groups excluding carboxylic acids is 1. The number of rotatable bonds is 5. The van der Waals surface area contributed by atoms with Crippen molar-refractivity contribution in [2.75, 3.05) is 0 Å². The molecule has 1 aromatic heterocycles. The van der Waals surface area contributed by atoms with Gasteiger partial charge in [-0.15, -0.1) is 17.8 Å². The highest BCUT2D eigenvalue weighted by Gasteiger charge is 2.23. The molecule has 2 atom stereocenters. The smallest absolute Gasteiger partial charge is 0.331 e. The van der Waals surface area contributed by atoms with Gasteiger partial charge in [-0.3, -0.25) is 0 Å². The van der Waals surface area contributed by atoms with Crippen LogP contribution in [0.4, 0.5) is 4.79 Å². The van der Waals surface area contributed by atoms with Gasteiger partial charge in [-0.25, -0.2) is 9.59 Å². The van der Waals surface area contributed by atoms with Gasteiger partial charge in [-0.1, -0.05) is 18.9 Å². The lowest BCUT2D eigenvalue weighted by atomic mass is 10.2. The molecule has 0 spiro atoms. The Morgan fingerprint density at radius 3 is 2.72 bits per heavy atom. The quantitative estimate of drug-likeness (QED) is 0.708. The molecular weight excluding hydrogens is 252 g/mol. The van der Waals surface area contributed by atoms with Crippen molar-refractivity contribution >= 4 is 23.3 Å². The third-order valence-corrected chi connectivity index (χ3v) is 3.20. The molecule has 5 nitrogen and oxygen atoms in total. The maximum Gasteiger partial charge on any atom is 0.331 e. The fraction of sp³-hybridized carbons (Fsp3) is 0.333. The number of nitrogens with one attached hydrogen (secondary N) is 2. The summed E-state index contributed by atoms with van der Waals surface area (Å²) in [6.07, 6.45) is 5.79. The van der Waals surface area contributed by atoms with E-state index in [-0.39, 0.29) is 0 Å². The molecule has 0 aromatic carbocycles. The Kier molecular flexibility index (Phi) is 5.21. The first kappa shape index (κ1) is 14.1. The minimum atomic E-state index is -1.11. The largest absolute Gasteiger partial charge is 0.479 e. The van der Waals surface area contributed by atoms with Crippen molar-refractivity contribution < 1.29 is 14.7 Å². The van der Waals surface area contributed by atoms with Gasteiger partial charge in [0.2, 0.25) is 0 Å². The van der Waals surface area contributed by atoms with Crippen LogP contribution in [-0.4, -0.2) is 23.1 Å². The van der Waals surface area contributed by atoms with Crippen molar-refractivity contribution in [2.24, 2.45) is 0 Å². The van der Waals surface area contributed by atoms with E-state index in [2.05, 4.69) is 16.6 Å². The van der Waals surface area contributed by atoms with Crippen LogP contribution in [0.5, 0.6) is 0 Å². The average Bonchev–Trinajstić information content (AvgIpc) is 2.86. The molecule has 2 unspecified atom stereocenters. The van der Waals surface area contributed by atoms with Gasteiger partial charge < -0.3 is 15.7 Å². The third kappa shape index (κ3) is 3.79. The lowest BCUT2D eigenvalue weighted by molar-refractivity contribution is -0.139. The first-order valence-corrected chi connectivity index (χ1v) is 6.25. The number of amides is 2. The van der Waals surface area contributed by atoms with E-state index in [1.165, 1.54) is 11.3 Å². The number of hydrogen-bond donors (Lipinski definition) is 3. The summed E-state index contributed by atoms with van der Waals surface area (Å²) in [5.74, 6) is 1.29. The van der Waals surface area contributed by atoms with Crippen molar-refractivity contribution in [1.82, 2.24) is 10.6 Å². The SMILES string of the molecule is C#CC(CC)NC(=O)NC(C(=O)O)c1cccs1. The lowest BCUT2D eigenvalue weighted by Gasteiger charge is -2.16. The molecule has 0 aliphatic carbocycles. The monoisotopic (exact) mass is 266 g/mol. The summed E-state index contributed by atoms with van der Waals surface area (Å²) in [7, 11) is 0. The van der Waals surface area contributed by atoms with Crippen molar-refractivity contribution in [3.8, 4) is 12.3 Å². The molecule has 18 heavy (non-hydrogen) atoms. The van der Waals surface area contributed by atoms with Crippen LogP contribution in [0.1, 0.15) is 24.3 Å². The Hall–Kier alpha value is -2.00. The number of carboxylic acids is 1. The van der Waals surface area contributed by atoms with E-state index in [4.69, 9.17) is 11.5 Å². The van der Waals surface area contributed by atoms with Gasteiger partial charge in [0, 0.05) is 4.88 Å². The van der Waals surface area contributed by atoms with E-state index in [0.717, 1.165) is 0 Å². The molecule has 2 amide bonds. The van der Waals surface area contributed by atoms with Crippen LogP contribution in [-0.2, 0) is 4.79 Å². The molecule has 0 saturated carbocycles. The highest BCUT2D eigenvalue weighted by Crippen LogP contribution is 2.18. The Labute approximate surface area is 109 Å². The van der Waals surface area contributed by atoms with Crippen molar-refractivity contribution in [1.29, 1.82) is 0 Å². The third-order valence-electron chi connectivity index (χ3n) is 2.26. The van der Waals surface area contributed by atoms with Crippen LogP contribution in [0.15, 0.2) is 17.5 Å². The summed E-state index contributed by atoms with van der Waals surface area (Å²) in [6.45, 7) is 1.83. The summed E-state index contributed by atoms with van der Waals surface area (Å²) >= 11 is 1.27. The Balaban J connectivity index is 2.66. The number of thiophene rings is 1. The van der Waals surface area contributed by atoms with Crippen molar-refractivity contribution in [3.63, 3.8) is 0 Å². The number of hydrogen-bond acceptors (Lipinski definition) is 3. The average molecular weight is 266 g/mol. The summed E-state index contributed by atoms with van der Waals surface area (Å²) < 4.78 is 0. The second-order valence-corrected chi connectivity index (χ2v) is 4.51. The number of carbonyl (C=O) groups is 2. The molecular formula is C12H14N2O3S. The summed E-state index contributed by atoms with van der Waals surface area (Å²) in [6, 6.07) is 1.34. The van der Waals surface area contributed by atoms with E-state index < -0.39 is 24.1 Å². The molecule has 96 valence electrons. The Bertz CT molecular complexity index is 450. The molecule has 0 radical (unpaired) electrons. The van der Waals surface area contributed by atoms with Gasteiger partial charge in [0.25, 0.3) is 0 Å². The van der Waals surface area contributed by atoms with E-state index in [1.807, 2.05) is 6.92 Å². The zero-order chi connectivity index (χ0) is 13.5. The minimum Gasteiger partial charge on any atom is -0.479 e. The topological polar surface area (TPSA) is 78.4 Å². The zero-order valence-corrected chi connectivity index (χ0v) is 10.7. The maximum atomic E-state index is 11.6. The van der Waals surface area contributed by atoms with Crippen molar-refractivity contribution in [2.45, 2.75) is 25.4 Å². The standard InChI is InChI=1S/C12H14N2O3S/c1-3-8(4-2)13-12(17)14-10(11(15)16)9-6-5-7-18-9/h1,5-8,10H,4H2,2H3,(H,15,16)(H2,13,14,17). The lowest BCUT2D eigenvalue weighted by Crippen LogP contribution is -2.44. The molecule has 1 heterocycles. The van der Waals surface area contributed by atoms with Crippen LogP contribution in [0.25, 0.3) is 0 Å².